The third kappa shape index (κ3) is 5.37. The number of methoxy groups -OCH3 is 2. The van der Waals surface area contributed by atoms with E-state index in [0.29, 0.717) is 39.2 Å². The number of benzene rings is 3. The number of fused-ring (bicyclic) bond motifs is 1. The second kappa shape index (κ2) is 11.4. The fourth-order valence-electron chi connectivity index (χ4n) is 3.59. The molecular formula is C25H19N2NaO5S. The number of para-hydroxylation sites is 1. The number of carboxylic acid groups (broad SMARTS) is 1. The SMILES string of the molecule is COc1ccc(C(=O)/C(Cc2ccccc2OC)=C(\C(=O)[O-])c2ccc3nsnc3c2)cc1.[Na+]. The van der Waals surface area contributed by atoms with E-state index in [4.69, 9.17) is 9.47 Å². The number of Topliss-reactive ketones (excluding diaryl/α,β-unsaturated/α-hetero) is 1. The fourth-order valence-corrected chi connectivity index (χ4v) is 4.11. The summed E-state index contributed by atoms with van der Waals surface area (Å²) in [5.74, 6) is -0.749. The number of aliphatic carboxylic acids is 1. The summed E-state index contributed by atoms with van der Waals surface area (Å²) < 4.78 is 18.9. The number of ketones is 1. The molecular weight excluding hydrogens is 463 g/mol. The first-order chi connectivity index (χ1) is 16.0. The average molecular weight is 482 g/mol. The van der Waals surface area contributed by atoms with Crippen molar-refractivity contribution in [3.05, 3.63) is 89.0 Å². The Kier molecular flexibility index (Phi) is 8.57. The molecule has 9 heteroatoms. The van der Waals surface area contributed by atoms with E-state index < -0.39 is 11.8 Å². The first-order valence-corrected chi connectivity index (χ1v) is 10.7. The predicted molar refractivity (Wildman–Crippen MR) is 123 cm³/mol. The number of nitrogens with zero attached hydrogens (tertiary/aromatic N) is 2. The summed E-state index contributed by atoms with van der Waals surface area (Å²) in [4.78, 5) is 26.0. The van der Waals surface area contributed by atoms with Crippen molar-refractivity contribution >= 4 is 40.1 Å². The molecule has 1 aromatic heterocycles. The number of carbonyl (C=O) groups is 2. The first-order valence-electron chi connectivity index (χ1n) is 9.99. The molecule has 0 aliphatic rings. The van der Waals surface area contributed by atoms with Gasteiger partial charge in [0, 0.05) is 23.1 Å². The van der Waals surface area contributed by atoms with Crippen LogP contribution in [0.1, 0.15) is 21.5 Å². The molecule has 34 heavy (non-hydrogen) atoms. The van der Waals surface area contributed by atoms with Crippen molar-refractivity contribution in [1.82, 2.24) is 8.75 Å². The number of rotatable bonds is 8. The second-order valence-electron chi connectivity index (χ2n) is 7.15. The maximum atomic E-state index is 13.6. The molecule has 0 saturated carbocycles. The standard InChI is InChI=1S/C25H20N2O5S.Na/c1-31-18-10-7-15(8-11-18)24(28)19(13-16-5-3-4-6-22(16)32-2)23(25(29)30)17-9-12-20-21(14-17)27-33-26-20;/h3-12,14H,13H2,1-2H3,(H,29,30);/q;+1/p-1/b23-19-;. The van der Waals surface area contributed by atoms with Crippen molar-refractivity contribution in [2.45, 2.75) is 6.42 Å². The zero-order valence-corrected chi connectivity index (χ0v) is 21.7. The van der Waals surface area contributed by atoms with Crippen molar-refractivity contribution < 1.29 is 53.7 Å². The molecule has 0 aliphatic carbocycles. The van der Waals surface area contributed by atoms with Crippen LogP contribution >= 0.6 is 11.7 Å². The van der Waals surface area contributed by atoms with Gasteiger partial charge in [-0.3, -0.25) is 4.79 Å². The molecule has 0 N–H and O–H groups in total. The minimum Gasteiger partial charge on any atom is -0.545 e. The number of carboxylic acids is 1. The van der Waals surface area contributed by atoms with Crippen LogP contribution < -0.4 is 44.1 Å². The Balaban J connectivity index is 0.00000324. The molecule has 0 radical (unpaired) electrons. The minimum atomic E-state index is -1.45. The van der Waals surface area contributed by atoms with Gasteiger partial charge >= 0.3 is 29.6 Å². The molecule has 166 valence electrons. The van der Waals surface area contributed by atoms with Crippen molar-refractivity contribution in [2.75, 3.05) is 14.2 Å². The van der Waals surface area contributed by atoms with Crippen molar-refractivity contribution in [3.8, 4) is 11.5 Å². The van der Waals surface area contributed by atoms with Crippen LogP contribution in [0, 0.1) is 0 Å². The van der Waals surface area contributed by atoms with Crippen molar-refractivity contribution in [2.24, 2.45) is 0 Å². The Morgan fingerprint density at radius 2 is 1.56 bits per heavy atom. The molecule has 0 spiro atoms. The molecule has 0 fully saturated rings. The summed E-state index contributed by atoms with van der Waals surface area (Å²) in [6, 6.07) is 18.6. The Hall–Kier alpha value is -3.04. The fraction of sp³-hybridized carbons (Fsp3) is 0.120. The van der Waals surface area contributed by atoms with Crippen LogP contribution in [-0.2, 0) is 11.2 Å². The minimum absolute atomic E-state index is 0. The van der Waals surface area contributed by atoms with Crippen LogP contribution in [0.4, 0.5) is 0 Å². The average Bonchev–Trinajstić information content (AvgIpc) is 3.31. The number of hydrogen-bond donors (Lipinski definition) is 0. The van der Waals surface area contributed by atoms with Gasteiger partial charge in [0.05, 0.1) is 31.9 Å². The van der Waals surface area contributed by atoms with E-state index in [1.54, 1.807) is 66.7 Å². The number of ether oxygens (including phenoxy) is 2. The van der Waals surface area contributed by atoms with Crippen LogP contribution in [0.3, 0.4) is 0 Å². The van der Waals surface area contributed by atoms with Gasteiger partial charge in [0.1, 0.15) is 22.5 Å². The van der Waals surface area contributed by atoms with E-state index in [1.165, 1.54) is 14.2 Å². The van der Waals surface area contributed by atoms with Gasteiger partial charge < -0.3 is 19.4 Å². The first kappa shape index (κ1) is 25.6. The van der Waals surface area contributed by atoms with Gasteiger partial charge in [0.15, 0.2) is 5.78 Å². The Bertz CT molecular complexity index is 1370. The van der Waals surface area contributed by atoms with Crippen molar-refractivity contribution in [1.29, 1.82) is 0 Å². The van der Waals surface area contributed by atoms with E-state index in [2.05, 4.69) is 8.75 Å². The molecule has 4 aromatic rings. The Labute approximate surface area is 222 Å². The van der Waals surface area contributed by atoms with Crippen LogP contribution in [0.15, 0.2) is 72.3 Å². The number of carbonyl (C=O) groups excluding carboxylic acids is 2. The predicted octanol–water partition coefficient (Wildman–Crippen LogP) is 0.342. The number of aromatic nitrogens is 2. The third-order valence-electron chi connectivity index (χ3n) is 5.23. The van der Waals surface area contributed by atoms with Gasteiger partial charge in [-0.05, 0) is 53.6 Å². The van der Waals surface area contributed by atoms with Crippen LogP contribution in [-0.4, -0.2) is 34.7 Å². The second-order valence-corrected chi connectivity index (χ2v) is 7.68. The van der Waals surface area contributed by atoms with Gasteiger partial charge in [0.2, 0.25) is 0 Å². The molecule has 1 heterocycles. The van der Waals surface area contributed by atoms with Crippen molar-refractivity contribution in [3.63, 3.8) is 0 Å². The normalized spacial score (nSPS) is 11.4. The van der Waals surface area contributed by atoms with Crippen LogP contribution in [0.2, 0.25) is 0 Å². The monoisotopic (exact) mass is 482 g/mol. The summed E-state index contributed by atoms with van der Waals surface area (Å²) in [7, 11) is 3.05. The molecule has 7 nitrogen and oxygen atoms in total. The zero-order valence-electron chi connectivity index (χ0n) is 18.9. The summed E-state index contributed by atoms with van der Waals surface area (Å²) in [5, 5.41) is 12.4. The quantitative estimate of drug-likeness (QED) is 0.203. The largest absolute Gasteiger partial charge is 1.00 e. The van der Waals surface area contributed by atoms with Gasteiger partial charge in [-0.25, -0.2) is 0 Å². The molecule has 0 bridgehead atoms. The molecule has 3 aromatic carbocycles. The maximum absolute atomic E-state index is 13.6. The third-order valence-corrected chi connectivity index (χ3v) is 5.79. The number of allylic oxidation sites excluding steroid dienone is 1. The molecule has 4 rings (SSSR count). The van der Waals surface area contributed by atoms with Gasteiger partial charge in [0.25, 0.3) is 0 Å². The van der Waals surface area contributed by atoms with Gasteiger partial charge in [-0.1, -0.05) is 24.3 Å². The summed E-state index contributed by atoms with van der Waals surface area (Å²) in [5.41, 5.74) is 2.40. The van der Waals surface area contributed by atoms with Gasteiger partial charge in [-0.15, -0.1) is 0 Å². The Morgan fingerprint density at radius 3 is 2.24 bits per heavy atom. The van der Waals surface area contributed by atoms with E-state index in [1.807, 2.05) is 0 Å². The molecule has 0 unspecified atom stereocenters. The molecule has 0 aliphatic heterocycles. The maximum Gasteiger partial charge on any atom is 1.00 e. The summed E-state index contributed by atoms with van der Waals surface area (Å²) >= 11 is 1.03. The topological polar surface area (TPSA) is 101 Å². The number of hydrogen-bond acceptors (Lipinski definition) is 8. The van der Waals surface area contributed by atoms with E-state index in [-0.39, 0.29) is 47.1 Å². The zero-order chi connectivity index (χ0) is 23.4. The molecule has 0 atom stereocenters. The summed E-state index contributed by atoms with van der Waals surface area (Å²) in [6.07, 6.45) is 0.0333. The van der Waals surface area contributed by atoms with Crippen LogP contribution in [0.25, 0.3) is 16.6 Å². The van der Waals surface area contributed by atoms with E-state index >= 15 is 0 Å². The summed E-state index contributed by atoms with van der Waals surface area (Å²) in [6.45, 7) is 0. The molecule has 0 saturated heterocycles. The molecule has 0 amide bonds. The van der Waals surface area contributed by atoms with E-state index in [9.17, 15) is 14.7 Å². The smallest absolute Gasteiger partial charge is 0.545 e. The van der Waals surface area contributed by atoms with E-state index in [0.717, 1.165) is 11.7 Å². The van der Waals surface area contributed by atoms with Crippen LogP contribution in [0.5, 0.6) is 11.5 Å². The Morgan fingerprint density at radius 1 is 0.882 bits per heavy atom. The van der Waals surface area contributed by atoms with Gasteiger partial charge in [-0.2, -0.15) is 8.75 Å².